The first kappa shape index (κ1) is 22.2. The standard InChI is InChI=1S/C14H26FNO3.Na/c1-3-12(15)9-7-5-6-8-10-13(17)16(4-2)11-14(18)19;/h12H,3-11H2,1-2H3,(H,18,19);/q;+1/p-1. The minimum atomic E-state index is -1.23. The Morgan fingerprint density at radius 3 is 2.25 bits per heavy atom. The summed E-state index contributed by atoms with van der Waals surface area (Å²) in [6, 6.07) is 0. The van der Waals surface area contributed by atoms with Gasteiger partial charge >= 0.3 is 29.6 Å². The van der Waals surface area contributed by atoms with Gasteiger partial charge in [-0.05, 0) is 26.2 Å². The molecule has 0 saturated carbocycles. The molecule has 0 fully saturated rings. The number of hydrogen-bond donors (Lipinski definition) is 0. The van der Waals surface area contributed by atoms with Crippen LogP contribution in [0, 0.1) is 0 Å². The molecule has 0 bridgehead atoms. The molecule has 0 heterocycles. The van der Waals surface area contributed by atoms with Crippen molar-refractivity contribution < 1.29 is 48.6 Å². The summed E-state index contributed by atoms with van der Waals surface area (Å²) in [7, 11) is 0. The third-order valence-corrected chi connectivity index (χ3v) is 3.16. The number of carbonyl (C=O) groups excluding carboxylic acids is 2. The first-order valence-electron chi connectivity index (χ1n) is 7.12. The number of carbonyl (C=O) groups is 2. The maximum atomic E-state index is 12.9. The van der Waals surface area contributed by atoms with Crippen LogP contribution >= 0.6 is 0 Å². The summed E-state index contributed by atoms with van der Waals surface area (Å²) < 4.78 is 12.9. The fourth-order valence-corrected chi connectivity index (χ4v) is 1.89. The molecule has 0 aromatic carbocycles. The average Bonchev–Trinajstić information content (AvgIpc) is 2.38. The van der Waals surface area contributed by atoms with E-state index < -0.39 is 12.1 Å². The number of carboxylic acids is 1. The number of nitrogens with zero attached hydrogens (tertiary/aromatic N) is 1. The van der Waals surface area contributed by atoms with Gasteiger partial charge in [0.1, 0.15) is 0 Å². The Kier molecular flexibility index (Phi) is 15.3. The van der Waals surface area contributed by atoms with Crippen molar-refractivity contribution in [1.29, 1.82) is 0 Å². The maximum absolute atomic E-state index is 12.9. The van der Waals surface area contributed by atoms with E-state index in [9.17, 15) is 19.1 Å². The van der Waals surface area contributed by atoms with Crippen molar-refractivity contribution in [3.8, 4) is 0 Å². The molecule has 0 saturated heterocycles. The van der Waals surface area contributed by atoms with E-state index in [0.717, 1.165) is 25.7 Å². The van der Waals surface area contributed by atoms with Crippen molar-refractivity contribution in [3.63, 3.8) is 0 Å². The van der Waals surface area contributed by atoms with Gasteiger partial charge in [-0.3, -0.25) is 4.79 Å². The third-order valence-electron chi connectivity index (χ3n) is 3.16. The van der Waals surface area contributed by atoms with E-state index in [0.29, 0.717) is 25.8 Å². The van der Waals surface area contributed by atoms with Crippen LogP contribution in [-0.2, 0) is 9.59 Å². The SMILES string of the molecule is CCC(F)CCCCCCC(=O)N(CC)CC(=O)[O-].[Na+]. The molecule has 1 unspecified atom stereocenters. The van der Waals surface area contributed by atoms with Gasteiger partial charge in [-0.15, -0.1) is 0 Å². The number of carboxylic acid groups (broad SMARTS) is 1. The first-order valence-corrected chi connectivity index (χ1v) is 7.12. The van der Waals surface area contributed by atoms with Gasteiger partial charge in [-0.25, -0.2) is 4.39 Å². The number of likely N-dealkylation sites (N-methyl/N-ethyl adjacent to an activating group) is 1. The summed E-state index contributed by atoms with van der Waals surface area (Å²) in [5.41, 5.74) is 0. The minimum absolute atomic E-state index is 0. The molecule has 4 nitrogen and oxygen atoms in total. The number of alkyl halides is 1. The summed E-state index contributed by atoms with van der Waals surface area (Å²) in [4.78, 5) is 23.4. The quantitative estimate of drug-likeness (QED) is 0.351. The summed E-state index contributed by atoms with van der Waals surface area (Å²) in [6.07, 6.45) is 4.17. The number of hydrogen-bond acceptors (Lipinski definition) is 3. The van der Waals surface area contributed by atoms with Gasteiger partial charge in [-0.2, -0.15) is 0 Å². The van der Waals surface area contributed by atoms with Crippen LogP contribution in [0.1, 0.15) is 58.8 Å². The Balaban J connectivity index is 0. The number of unbranched alkanes of at least 4 members (excludes halogenated alkanes) is 3. The van der Waals surface area contributed by atoms with Gasteiger partial charge < -0.3 is 14.8 Å². The van der Waals surface area contributed by atoms with Gasteiger partial charge in [0.2, 0.25) is 5.91 Å². The predicted molar refractivity (Wildman–Crippen MR) is 70.2 cm³/mol. The first-order chi connectivity index (χ1) is 9.01. The van der Waals surface area contributed by atoms with Crippen LogP contribution in [-0.4, -0.2) is 36.0 Å². The zero-order chi connectivity index (χ0) is 14.7. The second-order valence-electron chi connectivity index (χ2n) is 4.74. The second kappa shape index (κ2) is 13.8. The summed E-state index contributed by atoms with van der Waals surface area (Å²) in [5.74, 6) is -1.38. The zero-order valence-corrected chi connectivity index (χ0v) is 15.0. The fourth-order valence-electron chi connectivity index (χ4n) is 1.89. The van der Waals surface area contributed by atoms with Crippen LogP contribution in [0.2, 0.25) is 0 Å². The molecule has 1 amide bonds. The number of halogens is 1. The molecule has 0 aliphatic carbocycles. The van der Waals surface area contributed by atoms with Crippen LogP contribution in [0.3, 0.4) is 0 Å². The van der Waals surface area contributed by atoms with E-state index in [1.54, 1.807) is 6.92 Å². The number of aliphatic carboxylic acids is 1. The topological polar surface area (TPSA) is 60.4 Å². The van der Waals surface area contributed by atoms with E-state index in [2.05, 4.69) is 0 Å². The normalized spacial score (nSPS) is 11.6. The summed E-state index contributed by atoms with van der Waals surface area (Å²) in [5, 5.41) is 10.4. The van der Waals surface area contributed by atoms with Crippen LogP contribution in [0.15, 0.2) is 0 Å². The van der Waals surface area contributed by atoms with E-state index >= 15 is 0 Å². The van der Waals surface area contributed by atoms with Crippen LogP contribution in [0.4, 0.5) is 4.39 Å². The molecule has 1 atom stereocenters. The molecule has 0 spiro atoms. The summed E-state index contributed by atoms with van der Waals surface area (Å²) >= 11 is 0. The van der Waals surface area contributed by atoms with E-state index in [1.807, 2.05) is 6.92 Å². The van der Waals surface area contributed by atoms with E-state index in [1.165, 1.54) is 4.90 Å². The Bertz CT molecular complexity index is 277. The molecule has 0 rings (SSSR count). The van der Waals surface area contributed by atoms with Gasteiger partial charge in [0, 0.05) is 13.0 Å². The molecule has 0 radical (unpaired) electrons. The molecule has 0 aromatic heterocycles. The van der Waals surface area contributed by atoms with Gasteiger partial charge in [-0.1, -0.05) is 26.2 Å². The Morgan fingerprint density at radius 2 is 1.75 bits per heavy atom. The Labute approximate surface area is 143 Å². The molecular formula is C14H25FNNaO3. The maximum Gasteiger partial charge on any atom is 1.00 e. The van der Waals surface area contributed by atoms with E-state index in [-0.39, 0.29) is 42.0 Å². The molecule has 0 aliphatic heterocycles. The van der Waals surface area contributed by atoms with Crippen molar-refractivity contribution in [2.75, 3.05) is 13.1 Å². The van der Waals surface area contributed by atoms with Crippen LogP contribution < -0.4 is 34.7 Å². The van der Waals surface area contributed by atoms with Crippen LogP contribution in [0.25, 0.3) is 0 Å². The van der Waals surface area contributed by atoms with Crippen LogP contribution in [0.5, 0.6) is 0 Å². The molecule has 20 heavy (non-hydrogen) atoms. The van der Waals surface area contributed by atoms with Crippen molar-refractivity contribution >= 4 is 11.9 Å². The largest absolute Gasteiger partial charge is 1.00 e. The minimum Gasteiger partial charge on any atom is -0.548 e. The Hall–Kier alpha value is -0.130. The molecule has 6 heteroatoms. The number of rotatable bonds is 11. The zero-order valence-electron chi connectivity index (χ0n) is 13.0. The second-order valence-corrected chi connectivity index (χ2v) is 4.74. The van der Waals surface area contributed by atoms with E-state index in [4.69, 9.17) is 0 Å². The van der Waals surface area contributed by atoms with Gasteiger partial charge in [0.25, 0.3) is 0 Å². The van der Waals surface area contributed by atoms with Crippen molar-refractivity contribution in [2.45, 2.75) is 65.0 Å². The molecule has 0 aromatic rings. The predicted octanol–water partition coefficient (Wildman–Crippen LogP) is -1.32. The fraction of sp³-hybridized carbons (Fsp3) is 0.857. The molecule has 0 N–H and O–H groups in total. The third kappa shape index (κ3) is 11.7. The smallest absolute Gasteiger partial charge is 0.548 e. The monoisotopic (exact) mass is 297 g/mol. The van der Waals surface area contributed by atoms with Gasteiger partial charge in [0.05, 0.1) is 18.7 Å². The summed E-state index contributed by atoms with van der Waals surface area (Å²) in [6.45, 7) is 3.62. The Morgan fingerprint density at radius 1 is 1.15 bits per heavy atom. The molecule has 0 aliphatic rings. The van der Waals surface area contributed by atoms with Crippen molar-refractivity contribution in [2.24, 2.45) is 0 Å². The molecular weight excluding hydrogens is 272 g/mol. The number of amides is 1. The van der Waals surface area contributed by atoms with Crippen molar-refractivity contribution in [3.05, 3.63) is 0 Å². The van der Waals surface area contributed by atoms with Gasteiger partial charge in [0.15, 0.2) is 0 Å². The average molecular weight is 297 g/mol. The molecule has 112 valence electrons. The van der Waals surface area contributed by atoms with Crippen molar-refractivity contribution in [1.82, 2.24) is 4.90 Å².